The molecule has 5 rings (SSSR count). The Balaban J connectivity index is 1.39. The van der Waals surface area contributed by atoms with E-state index >= 15 is 0 Å². The van der Waals surface area contributed by atoms with Crippen molar-refractivity contribution in [3.05, 3.63) is 71.4 Å². The van der Waals surface area contributed by atoms with Gasteiger partial charge in [-0.3, -0.25) is 9.78 Å². The molecule has 4 aromatic heterocycles. The Hall–Kier alpha value is -4.74. The SMILES string of the molecule is C=CCn1c(=O)c2cnc(Nc3ccc(C)nc3)nc2n1-c1cccc(OC2CCN(C(=O)OC(C)(C)C)CC2)n1. The van der Waals surface area contributed by atoms with Crippen LogP contribution in [0.15, 0.2) is 60.2 Å². The molecule has 1 aliphatic heterocycles. The first kappa shape index (κ1) is 27.8. The van der Waals surface area contributed by atoms with E-state index in [-0.39, 0.29) is 24.3 Å². The van der Waals surface area contributed by atoms with Crippen molar-refractivity contribution in [2.75, 3.05) is 18.4 Å². The van der Waals surface area contributed by atoms with Crippen molar-refractivity contribution >= 4 is 28.8 Å². The number of carbonyl (C=O) groups excluding carboxylic acids is 1. The molecule has 0 aliphatic carbocycles. The number of fused-ring (bicyclic) bond motifs is 1. The van der Waals surface area contributed by atoms with Gasteiger partial charge in [0.2, 0.25) is 11.8 Å². The number of aromatic nitrogens is 6. The number of hydrogen-bond acceptors (Lipinski definition) is 9. The molecule has 0 radical (unpaired) electrons. The lowest BCUT2D eigenvalue weighted by molar-refractivity contribution is 0.0123. The molecule has 0 spiro atoms. The number of carbonyl (C=O) groups is 1. The van der Waals surface area contributed by atoms with Gasteiger partial charge < -0.3 is 19.7 Å². The Bertz CT molecular complexity index is 1610. The summed E-state index contributed by atoms with van der Waals surface area (Å²) in [5.74, 6) is 1.19. The lowest BCUT2D eigenvalue weighted by Gasteiger charge is -2.33. The standard InChI is InChI=1S/C29H34N8O4/c1-6-14-36-26(38)22-18-31-27(32-20-11-10-19(2)30-17-20)34-25(22)37(36)23-8-7-9-24(33-23)40-21-12-15-35(16-13-21)28(39)41-29(3,4)5/h6-11,17-18,21H,1,12-16H2,2-5H3,(H,31,32,34). The van der Waals surface area contributed by atoms with Crippen LogP contribution in [0.3, 0.4) is 0 Å². The topological polar surface area (TPSA) is 129 Å². The van der Waals surface area contributed by atoms with Crippen molar-refractivity contribution < 1.29 is 14.3 Å². The highest BCUT2D eigenvalue weighted by molar-refractivity contribution is 5.77. The molecule has 1 fully saturated rings. The number of aryl methyl sites for hydroxylation is 1. The quantitative estimate of drug-likeness (QED) is 0.328. The van der Waals surface area contributed by atoms with Crippen LogP contribution in [-0.2, 0) is 11.3 Å². The Morgan fingerprint density at radius 1 is 1.12 bits per heavy atom. The number of pyridine rings is 2. The number of hydrogen-bond donors (Lipinski definition) is 1. The van der Waals surface area contributed by atoms with Gasteiger partial charge in [0, 0.05) is 43.9 Å². The molecule has 5 heterocycles. The monoisotopic (exact) mass is 558 g/mol. The minimum atomic E-state index is -0.538. The fourth-order valence-corrected chi connectivity index (χ4v) is 4.52. The fourth-order valence-electron chi connectivity index (χ4n) is 4.52. The number of allylic oxidation sites excluding steroid dienone is 1. The lowest BCUT2D eigenvalue weighted by atomic mass is 10.1. The first-order chi connectivity index (χ1) is 19.6. The summed E-state index contributed by atoms with van der Waals surface area (Å²) >= 11 is 0. The Labute approximate surface area is 237 Å². The Morgan fingerprint density at radius 2 is 1.90 bits per heavy atom. The van der Waals surface area contributed by atoms with E-state index in [9.17, 15) is 9.59 Å². The summed E-state index contributed by atoms with van der Waals surface area (Å²) in [6.45, 7) is 12.6. The third kappa shape index (κ3) is 6.37. The number of nitrogens with zero attached hydrogens (tertiary/aromatic N) is 7. The second-order valence-corrected chi connectivity index (χ2v) is 10.9. The zero-order valence-electron chi connectivity index (χ0n) is 23.7. The molecule has 0 saturated carbocycles. The average molecular weight is 559 g/mol. The zero-order valence-corrected chi connectivity index (χ0v) is 23.7. The highest BCUT2D eigenvalue weighted by Crippen LogP contribution is 2.23. The number of likely N-dealkylation sites (tertiary alicyclic amines) is 1. The minimum absolute atomic E-state index is 0.116. The molecular weight excluding hydrogens is 524 g/mol. The van der Waals surface area contributed by atoms with Gasteiger partial charge in [-0.2, -0.15) is 9.97 Å². The van der Waals surface area contributed by atoms with Gasteiger partial charge in [-0.25, -0.2) is 19.1 Å². The van der Waals surface area contributed by atoms with Crippen LogP contribution in [0.5, 0.6) is 5.88 Å². The maximum absolute atomic E-state index is 13.3. The van der Waals surface area contributed by atoms with Crippen LogP contribution in [0.1, 0.15) is 39.3 Å². The summed E-state index contributed by atoms with van der Waals surface area (Å²) in [6, 6.07) is 9.15. The predicted octanol–water partition coefficient (Wildman–Crippen LogP) is 4.39. The van der Waals surface area contributed by atoms with Gasteiger partial charge in [0.25, 0.3) is 5.56 Å². The van der Waals surface area contributed by atoms with Crippen molar-refractivity contribution in [2.45, 2.75) is 58.8 Å². The molecule has 0 bridgehead atoms. The predicted molar refractivity (Wildman–Crippen MR) is 155 cm³/mol. The van der Waals surface area contributed by atoms with Gasteiger partial charge >= 0.3 is 6.09 Å². The summed E-state index contributed by atoms with van der Waals surface area (Å²) in [6.07, 6.45) is 5.70. The number of ether oxygens (including phenoxy) is 2. The van der Waals surface area contributed by atoms with Crippen LogP contribution >= 0.6 is 0 Å². The van der Waals surface area contributed by atoms with E-state index in [2.05, 4.69) is 26.8 Å². The van der Waals surface area contributed by atoms with Crippen LogP contribution < -0.4 is 15.6 Å². The maximum Gasteiger partial charge on any atom is 0.410 e. The van der Waals surface area contributed by atoms with E-state index in [0.717, 1.165) is 11.4 Å². The second-order valence-electron chi connectivity index (χ2n) is 10.9. The smallest absolute Gasteiger partial charge is 0.410 e. The number of rotatable bonds is 7. The van der Waals surface area contributed by atoms with E-state index in [0.29, 0.717) is 54.6 Å². The van der Waals surface area contributed by atoms with E-state index in [4.69, 9.17) is 14.5 Å². The van der Waals surface area contributed by atoms with Crippen molar-refractivity contribution in [3.8, 4) is 11.7 Å². The largest absolute Gasteiger partial charge is 0.474 e. The van der Waals surface area contributed by atoms with Gasteiger partial charge in [0.1, 0.15) is 17.1 Å². The van der Waals surface area contributed by atoms with Crippen LogP contribution in [0.25, 0.3) is 16.9 Å². The highest BCUT2D eigenvalue weighted by Gasteiger charge is 2.28. The van der Waals surface area contributed by atoms with Gasteiger partial charge in [-0.05, 0) is 45.9 Å². The molecular formula is C29H34N8O4. The second kappa shape index (κ2) is 11.4. The third-order valence-corrected chi connectivity index (χ3v) is 6.45. The molecule has 1 N–H and O–H groups in total. The molecule has 41 heavy (non-hydrogen) atoms. The normalized spacial score (nSPS) is 14.2. The van der Waals surface area contributed by atoms with E-state index in [1.165, 1.54) is 10.9 Å². The molecule has 1 amide bonds. The molecule has 12 heteroatoms. The molecule has 0 unspecified atom stereocenters. The average Bonchev–Trinajstić information content (AvgIpc) is 3.20. The molecule has 4 aromatic rings. The first-order valence-corrected chi connectivity index (χ1v) is 13.5. The number of anilines is 2. The van der Waals surface area contributed by atoms with Crippen LogP contribution in [0.2, 0.25) is 0 Å². The summed E-state index contributed by atoms with van der Waals surface area (Å²) in [4.78, 5) is 45.4. The van der Waals surface area contributed by atoms with Crippen LogP contribution in [-0.4, -0.2) is 65.1 Å². The summed E-state index contributed by atoms with van der Waals surface area (Å²) in [7, 11) is 0. The summed E-state index contributed by atoms with van der Waals surface area (Å²) in [5, 5.41) is 3.49. The van der Waals surface area contributed by atoms with Crippen LogP contribution in [0.4, 0.5) is 16.4 Å². The van der Waals surface area contributed by atoms with Crippen LogP contribution in [0, 0.1) is 6.92 Å². The minimum Gasteiger partial charge on any atom is -0.474 e. The molecule has 1 saturated heterocycles. The third-order valence-electron chi connectivity index (χ3n) is 6.45. The van der Waals surface area contributed by atoms with Gasteiger partial charge in [0.05, 0.1) is 18.4 Å². The van der Waals surface area contributed by atoms with Crippen molar-refractivity contribution in [2.24, 2.45) is 0 Å². The molecule has 0 aromatic carbocycles. The fraction of sp³-hybridized carbons (Fsp3) is 0.379. The number of piperidine rings is 1. The van der Waals surface area contributed by atoms with Crippen molar-refractivity contribution in [1.82, 2.24) is 34.2 Å². The van der Waals surface area contributed by atoms with Crippen molar-refractivity contribution in [1.29, 1.82) is 0 Å². The van der Waals surface area contributed by atoms with Gasteiger partial charge in [0.15, 0.2) is 11.5 Å². The van der Waals surface area contributed by atoms with E-state index in [1.807, 2.05) is 45.9 Å². The molecule has 0 atom stereocenters. The first-order valence-electron chi connectivity index (χ1n) is 13.5. The molecule has 12 nitrogen and oxygen atoms in total. The Morgan fingerprint density at radius 3 is 2.59 bits per heavy atom. The highest BCUT2D eigenvalue weighted by atomic mass is 16.6. The van der Waals surface area contributed by atoms with Crippen molar-refractivity contribution in [3.63, 3.8) is 0 Å². The summed E-state index contributed by atoms with van der Waals surface area (Å²) in [5.41, 5.74) is 1.21. The van der Waals surface area contributed by atoms with Gasteiger partial charge in [-0.15, -0.1) is 6.58 Å². The number of amides is 1. The zero-order chi connectivity index (χ0) is 29.1. The maximum atomic E-state index is 13.3. The van der Waals surface area contributed by atoms with E-state index < -0.39 is 5.60 Å². The number of nitrogens with one attached hydrogen (secondary N) is 1. The molecule has 214 valence electrons. The van der Waals surface area contributed by atoms with E-state index in [1.54, 1.807) is 34.0 Å². The summed E-state index contributed by atoms with van der Waals surface area (Å²) < 4.78 is 14.9. The lowest BCUT2D eigenvalue weighted by Crippen LogP contribution is -2.44. The Kier molecular flexibility index (Phi) is 7.73. The molecule has 1 aliphatic rings. The van der Waals surface area contributed by atoms with Gasteiger partial charge in [-0.1, -0.05) is 12.1 Å².